The molecule has 2 aliphatic rings. The quantitative estimate of drug-likeness (QED) is 0.918. The number of pyridine rings is 1. The van der Waals surface area contributed by atoms with E-state index in [1.165, 1.54) is 5.56 Å². The summed E-state index contributed by atoms with van der Waals surface area (Å²) in [5, 5.41) is 3.18. The van der Waals surface area contributed by atoms with Gasteiger partial charge in [0.25, 0.3) is 5.91 Å². The van der Waals surface area contributed by atoms with Crippen LogP contribution >= 0.6 is 0 Å². The van der Waals surface area contributed by atoms with Gasteiger partial charge in [0.1, 0.15) is 6.10 Å². The number of nitrogens with one attached hydrogen (secondary N) is 1. The van der Waals surface area contributed by atoms with Crippen LogP contribution < -0.4 is 10.1 Å². The van der Waals surface area contributed by atoms with Crippen molar-refractivity contribution in [1.82, 2.24) is 10.3 Å². The van der Waals surface area contributed by atoms with Crippen LogP contribution in [0.4, 0.5) is 0 Å². The molecule has 1 aromatic heterocycles. The van der Waals surface area contributed by atoms with Gasteiger partial charge in [-0.2, -0.15) is 0 Å². The number of hydrogen-bond acceptors (Lipinski definition) is 4. The number of carbonyl (C=O) groups is 1. The van der Waals surface area contributed by atoms with E-state index in [1.54, 1.807) is 6.20 Å². The van der Waals surface area contributed by atoms with Gasteiger partial charge in [0, 0.05) is 18.3 Å². The second-order valence-corrected chi connectivity index (χ2v) is 6.97. The molecule has 136 valence electrons. The predicted molar refractivity (Wildman–Crippen MR) is 97.9 cm³/mol. The topological polar surface area (TPSA) is 60.5 Å². The number of fused-ring (bicyclic) bond motifs is 1. The Morgan fingerprint density at radius 3 is 2.69 bits per heavy atom. The summed E-state index contributed by atoms with van der Waals surface area (Å²) >= 11 is 0. The van der Waals surface area contributed by atoms with Gasteiger partial charge in [-0.05, 0) is 49.3 Å². The summed E-state index contributed by atoms with van der Waals surface area (Å²) in [6.45, 7) is 0.597. The number of carbonyl (C=O) groups excluding carboxylic acids is 1. The van der Waals surface area contributed by atoms with Gasteiger partial charge in [0.2, 0.25) is 5.88 Å². The lowest BCUT2D eigenvalue weighted by molar-refractivity contribution is -0.135. The van der Waals surface area contributed by atoms with Crippen LogP contribution in [-0.2, 0) is 16.0 Å². The summed E-state index contributed by atoms with van der Waals surface area (Å²) in [4.78, 5) is 16.9. The van der Waals surface area contributed by atoms with Crippen LogP contribution in [0.5, 0.6) is 5.88 Å². The molecule has 1 aromatic carbocycles. The molecule has 2 heterocycles. The van der Waals surface area contributed by atoms with Crippen molar-refractivity contribution in [3.8, 4) is 5.88 Å². The first-order valence-electron chi connectivity index (χ1n) is 9.37. The first-order chi connectivity index (χ1) is 12.8. The highest BCUT2D eigenvalue weighted by Gasteiger charge is 2.30. The molecule has 1 unspecified atom stereocenters. The number of rotatable bonds is 4. The lowest BCUT2D eigenvalue weighted by Gasteiger charge is -2.31. The van der Waals surface area contributed by atoms with Gasteiger partial charge in [-0.3, -0.25) is 4.79 Å². The van der Waals surface area contributed by atoms with Crippen LogP contribution in [0.15, 0.2) is 48.7 Å². The smallest absolute Gasteiger partial charge is 0.253 e. The van der Waals surface area contributed by atoms with Crippen molar-refractivity contribution in [3.63, 3.8) is 0 Å². The lowest BCUT2D eigenvalue weighted by atomic mass is 9.92. The van der Waals surface area contributed by atoms with Gasteiger partial charge in [0.05, 0.1) is 6.61 Å². The summed E-state index contributed by atoms with van der Waals surface area (Å²) in [5.74, 6) is 0.651. The van der Waals surface area contributed by atoms with E-state index in [0.29, 0.717) is 12.5 Å². The van der Waals surface area contributed by atoms with Crippen molar-refractivity contribution in [2.24, 2.45) is 0 Å². The third-order valence-electron chi connectivity index (χ3n) is 5.18. The molecular formula is C21H24N2O3. The number of nitrogens with zero attached hydrogens (tertiary/aromatic N) is 1. The molecule has 0 saturated heterocycles. The zero-order valence-corrected chi connectivity index (χ0v) is 14.8. The van der Waals surface area contributed by atoms with Crippen molar-refractivity contribution >= 4 is 5.91 Å². The van der Waals surface area contributed by atoms with Crippen LogP contribution in [0, 0.1) is 0 Å². The van der Waals surface area contributed by atoms with E-state index in [1.807, 2.05) is 36.4 Å². The molecule has 0 radical (unpaired) electrons. The minimum atomic E-state index is -0.484. The highest BCUT2D eigenvalue weighted by atomic mass is 16.5. The lowest BCUT2D eigenvalue weighted by Crippen LogP contribution is -2.43. The molecule has 1 atom stereocenters. The van der Waals surface area contributed by atoms with Gasteiger partial charge >= 0.3 is 0 Å². The summed E-state index contributed by atoms with van der Waals surface area (Å²) in [5.41, 5.74) is 2.22. The van der Waals surface area contributed by atoms with E-state index in [9.17, 15) is 4.79 Å². The van der Waals surface area contributed by atoms with Crippen LogP contribution in [0.2, 0.25) is 0 Å². The van der Waals surface area contributed by atoms with Gasteiger partial charge in [-0.1, -0.05) is 30.3 Å². The van der Waals surface area contributed by atoms with Gasteiger partial charge in [0.15, 0.2) is 6.10 Å². The van der Waals surface area contributed by atoms with E-state index < -0.39 is 6.10 Å². The average Bonchev–Trinajstić information content (AvgIpc) is 2.70. The highest BCUT2D eigenvalue weighted by Crippen LogP contribution is 2.28. The van der Waals surface area contributed by atoms with Crippen molar-refractivity contribution in [2.75, 3.05) is 6.61 Å². The largest absolute Gasteiger partial charge is 0.474 e. The summed E-state index contributed by atoms with van der Waals surface area (Å²) in [6.07, 6.45) is 5.97. The molecule has 5 nitrogen and oxygen atoms in total. The molecule has 1 amide bonds. The van der Waals surface area contributed by atoms with Gasteiger partial charge < -0.3 is 14.8 Å². The summed E-state index contributed by atoms with van der Waals surface area (Å²) in [7, 11) is 0. The Labute approximate surface area is 153 Å². The van der Waals surface area contributed by atoms with Crippen molar-refractivity contribution in [1.29, 1.82) is 0 Å². The second kappa shape index (κ2) is 7.87. The summed E-state index contributed by atoms with van der Waals surface area (Å²) < 4.78 is 11.7. The maximum atomic E-state index is 12.7. The third-order valence-corrected chi connectivity index (χ3v) is 5.18. The fourth-order valence-corrected chi connectivity index (χ4v) is 3.80. The van der Waals surface area contributed by atoms with Crippen LogP contribution in [0.1, 0.15) is 42.9 Å². The molecule has 1 aliphatic heterocycles. The third kappa shape index (κ3) is 3.88. The Bertz CT molecular complexity index is 742. The van der Waals surface area contributed by atoms with E-state index in [2.05, 4.69) is 16.4 Å². The fourth-order valence-electron chi connectivity index (χ4n) is 3.80. The van der Waals surface area contributed by atoms with Crippen LogP contribution in [0.25, 0.3) is 0 Å². The van der Waals surface area contributed by atoms with Gasteiger partial charge in [-0.25, -0.2) is 4.98 Å². The normalized spacial score (nSPS) is 25.2. The maximum Gasteiger partial charge on any atom is 0.253 e. The Kier molecular flexibility index (Phi) is 5.16. The second-order valence-electron chi connectivity index (χ2n) is 6.97. The molecule has 1 N–H and O–H groups in total. The summed E-state index contributed by atoms with van der Waals surface area (Å²) in [6, 6.07) is 13.9. The molecular weight excluding hydrogens is 328 g/mol. The minimum absolute atomic E-state index is 0.0220. The minimum Gasteiger partial charge on any atom is -0.474 e. The number of amides is 1. The number of ether oxygens (including phenoxy) is 2. The molecule has 1 saturated carbocycles. The molecule has 1 aliphatic carbocycles. The maximum absolute atomic E-state index is 12.7. The van der Waals surface area contributed by atoms with Crippen molar-refractivity contribution in [3.05, 3.63) is 59.8 Å². The number of benzene rings is 1. The predicted octanol–water partition coefficient (Wildman–Crippen LogP) is 3.20. The average molecular weight is 352 g/mol. The molecule has 2 aromatic rings. The van der Waals surface area contributed by atoms with Crippen LogP contribution in [-0.4, -0.2) is 29.6 Å². The standard InChI is InChI=1S/C21H24N2O3/c24-21(20-18-6-2-1-5-15(18)12-14-25-20)23-16-8-10-17(11-9-16)26-19-7-3-4-13-22-19/h1-7,13,16-17,20H,8-12,14H2,(H,23,24). The number of hydrogen-bond donors (Lipinski definition) is 1. The highest BCUT2D eigenvalue weighted by molar-refractivity contribution is 5.83. The SMILES string of the molecule is O=C(NC1CCC(Oc2ccccn2)CC1)C1OCCc2ccccc21. The Morgan fingerprint density at radius 2 is 1.88 bits per heavy atom. The van der Waals surface area contributed by atoms with E-state index in [4.69, 9.17) is 9.47 Å². The molecule has 4 rings (SSSR count). The molecule has 1 fully saturated rings. The molecule has 5 heteroatoms. The first kappa shape index (κ1) is 17.0. The first-order valence-corrected chi connectivity index (χ1v) is 9.37. The Hall–Kier alpha value is -2.40. The van der Waals surface area contributed by atoms with Crippen molar-refractivity contribution in [2.45, 2.75) is 50.4 Å². The number of aromatic nitrogens is 1. The zero-order chi connectivity index (χ0) is 17.8. The Balaban J connectivity index is 1.30. The Morgan fingerprint density at radius 1 is 1.08 bits per heavy atom. The van der Waals surface area contributed by atoms with E-state index in [0.717, 1.165) is 37.7 Å². The van der Waals surface area contributed by atoms with E-state index >= 15 is 0 Å². The fraction of sp³-hybridized carbons (Fsp3) is 0.429. The van der Waals surface area contributed by atoms with Crippen molar-refractivity contribution < 1.29 is 14.3 Å². The monoisotopic (exact) mass is 352 g/mol. The van der Waals surface area contributed by atoms with Crippen LogP contribution in [0.3, 0.4) is 0 Å². The molecule has 0 spiro atoms. The molecule has 26 heavy (non-hydrogen) atoms. The zero-order valence-electron chi connectivity index (χ0n) is 14.8. The molecule has 0 bridgehead atoms. The van der Waals surface area contributed by atoms with Gasteiger partial charge in [-0.15, -0.1) is 0 Å². The van der Waals surface area contributed by atoms with E-state index in [-0.39, 0.29) is 18.1 Å².